The quantitative estimate of drug-likeness (QED) is 0.373. The zero-order chi connectivity index (χ0) is 25.9. The molecular formula is C27H30N8O2. The number of aryl methyl sites for hydroxylation is 1. The van der Waals surface area contributed by atoms with Gasteiger partial charge in [0.05, 0.1) is 40.9 Å². The number of carbonyl (C=O) groups is 1. The molecule has 1 amide bonds. The van der Waals surface area contributed by atoms with Crippen LogP contribution in [0.5, 0.6) is 5.75 Å². The fourth-order valence-corrected chi connectivity index (χ4v) is 4.52. The van der Waals surface area contributed by atoms with E-state index in [1.807, 2.05) is 48.1 Å². The number of nitrogens with zero attached hydrogens (tertiary/aromatic N) is 6. The molecule has 0 bridgehead atoms. The van der Waals surface area contributed by atoms with E-state index in [9.17, 15) is 4.79 Å². The van der Waals surface area contributed by atoms with Crippen LogP contribution in [0.4, 0.5) is 23.0 Å². The first-order valence-electron chi connectivity index (χ1n) is 12.1. The van der Waals surface area contributed by atoms with E-state index in [0.717, 1.165) is 54.2 Å². The van der Waals surface area contributed by atoms with Crippen molar-refractivity contribution in [2.75, 3.05) is 55.9 Å². The number of amides is 1. The molecule has 0 atom stereocenters. The van der Waals surface area contributed by atoms with Crippen molar-refractivity contribution in [2.24, 2.45) is 7.05 Å². The first-order valence-corrected chi connectivity index (χ1v) is 12.1. The first kappa shape index (κ1) is 24.3. The lowest BCUT2D eigenvalue weighted by Gasteiger charge is -2.35. The Morgan fingerprint density at radius 2 is 1.89 bits per heavy atom. The topological polar surface area (TPSA) is 100 Å². The number of methoxy groups -OCH3 is 1. The van der Waals surface area contributed by atoms with E-state index in [-0.39, 0.29) is 5.91 Å². The number of hydrogen-bond donors (Lipinski definition) is 2. The molecule has 5 rings (SSSR count). The van der Waals surface area contributed by atoms with Crippen molar-refractivity contribution in [2.45, 2.75) is 0 Å². The number of fused-ring (bicyclic) bond motifs is 1. The zero-order valence-electron chi connectivity index (χ0n) is 21.2. The van der Waals surface area contributed by atoms with E-state index in [0.29, 0.717) is 23.1 Å². The lowest BCUT2D eigenvalue weighted by atomic mass is 10.1. The van der Waals surface area contributed by atoms with Crippen molar-refractivity contribution in [3.8, 4) is 17.0 Å². The third-order valence-corrected chi connectivity index (χ3v) is 6.53. The molecule has 3 aromatic heterocycles. The molecule has 0 aliphatic carbocycles. The maximum atomic E-state index is 12.3. The van der Waals surface area contributed by atoms with Crippen LogP contribution in [-0.2, 0) is 11.8 Å². The Hall–Kier alpha value is -4.44. The summed E-state index contributed by atoms with van der Waals surface area (Å²) in [6, 6.07) is 9.59. The van der Waals surface area contributed by atoms with Crippen molar-refractivity contribution < 1.29 is 9.53 Å². The van der Waals surface area contributed by atoms with Crippen molar-refractivity contribution in [1.82, 2.24) is 24.4 Å². The molecule has 1 fully saturated rings. The molecule has 0 spiro atoms. The molecule has 0 unspecified atom stereocenters. The molecule has 1 aromatic carbocycles. The predicted octanol–water partition coefficient (Wildman–Crippen LogP) is 3.66. The van der Waals surface area contributed by atoms with Gasteiger partial charge in [-0.1, -0.05) is 6.58 Å². The standard InChI is InChI=1S/C27H30N8O2/c1-5-25(36)30-20-15-21(24(37-4)16-23(20)35-13-11-33(2)12-14-35)32-27-29-10-8-19(31-27)18-17-34(3)22-7-6-9-28-26(18)22/h5-10,15-17H,1,11-14H2,2-4H3,(H,30,36)(H,29,31,32). The molecular weight excluding hydrogens is 468 g/mol. The van der Waals surface area contributed by atoms with Crippen LogP contribution in [0.1, 0.15) is 0 Å². The SMILES string of the molecule is C=CC(=O)Nc1cc(Nc2nccc(-c3cn(C)c4cccnc34)n2)c(OC)cc1N1CCN(C)CC1. The van der Waals surface area contributed by atoms with Crippen LogP contribution in [0.15, 0.2) is 61.6 Å². The minimum Gasteiger partial charge on any atom is -0.494 e. The number of anilines is 4. The number of aromatic nitrogens is 4. The Balaban J connectivity index is 1.51. The molecule has 1 aliphatic heterocycles. The number of benzene rings is 1. The molecule has 1 aliphatic rings. The molecule has 0 saturated carbocycles. The number of piperazine rings is 1. The minimum absolute atomic E-state index is 0.284. The van der Waals surface area contributed by atoms with Crippen LogP contribution in [0.3, 0.4) is 0 Å². The third kappa shape index (κ3) is 4.96. The number of rotatable bonds is 7. The zero-order valence-corrected chi connectivity index (χ0v) is 21.2. The van der Waals surface area contributed by atoms with Crippen LogP contribution in [-0.4, -0.2) is 70.7 Å². The highest BCUT2D eigenvalue weighted by Gasteiger charge is 2.21. The van der Waals surface area contributed by atoms with E-state index in [4.69, 9.17) is 9.72 Å². The van der Waals surface area contributed by atoms with Crippen LogP contribution >= 0.6 is 0 Å². The van der Waals surface area contributed by atoms with Gasteiger partial charge in [-0.05, 0) is 37.4 Å². The van der Waals surface area contributed by atoms with Gasteiger partial charge in [-0.3, -0.25) is 9.78 Å². The molecule has 190 valence electrons. The Morgan fingerprint density at radius 3 is 2.65 bits per heavy atom. The summed E-state index contributed by atoms with van der Waals surface area (Å²) in [6.45, 7) is 7.14. The number of hydrogen-bond acceptors (Lipinski definition) is 8. The number of carbonyl (C=O) groups excluding carboxylic acids is 1. The van der Waals surface area contributed by atoms with Gasteiger partial charge in [0.25, 0.3) is 0 Å². The van der Waals surface area contributed by atoms with Crippen LogP contribution < -0.4 is 20.3 Å². The number of pyridine rings is 1. The number of nitrogens with one attached hydrogen (secondary N) is 2. The van der Waals surface area contributed by atoms with E-state index < -0.39 is 0 Å². The molecule has 4 heterocycles. The van der Waals surface area contributed by atoms with E-state index in [2.05, 4.69) is 44.0 Å². The minimum atomic E-state index is -0.284. The van der Waals surface area contributed by atoms with Crippen molar-refractivity contribution in [3.63, 3.8) is 0 Å². The molecule has 37 heavy (non-hydrogen) atoms. The van der Waals surface area contributed by atoms with Crippen molar-refractivity contribution >= 4 is 40.0 Å². The summed E-state index contributed by atoms with van der Waals surface area (Å²) in [6.07, 6.45) is 6.75. The fraction of sp³-hybridized carbons (Fsp3) is 0.259. The second-order valence-corrected chi connectivity index (χ2v) is 8.97. The van der Waals surface area contributed by atoms with Crippen LogP contribution in [0, 0.1) is 0 Å². The summed E-state index contributed by atoms with van der Waals surface area (Å²) in [5.41, 5.74) is 5.74. The van der Waals surface area contributed by atoms with Gasteiger partial charge in [-0.15, -0.1) is 0 Å². The summed E-state index contributed by atoms with van der Waals surface area (Å²) < 4.78 is 7.76. The highest BCUT2D eigenvalue weighted by molar-refractivity contribution is 6.02. The summed E-state index contributed by atoms with van der Waals surface area (Å²) in [5, 5.41) is 6.23. The van der Waals surface area contributed by atoms with Gasteiger partial charge in [0, 0.05) is 63.4 Å². The molecule has 10 nitrogen and oxygen atoms in total. The second kappa shape index (κ2) is 10.3. The van der Waals surface area contributed by atoms with Crippen LogP contribution in [0.2, 0.25) is 0 Å². The molecule has 1 saturated heterocycles. The van der Waals surface area contributed by atoms with Gasteiger partial charge in [0.15, 0.2) is 0 Å². The summed E-state index contributed by atoms with van der Waals surface area (Å²) in [4.78, 5) is 30.5. The van der Waals surface area contributed by atoms with Gasteiger partial charge in [0.1, 0.15) is 5.75 Å². The molecule has 2 N–H and O–H groups in total. The number of likely N-dealkylation sites (N-methyl/N-ethyl adjacent to an activating group) is 1. The lowest BCUT2D eigenvalue weighted by molar-refractivity contribution is -0.111. The van der Waals surface area contributed by atoms with Gasteiger partial charge in [0.2, 0.25) is 11.9 Å². The van der Waals surface area contributed by atoms with Gasteiger partial charge < -0.3 is 29.7 Å². The average Bonchev–Trinajstić information content (AvgIpc) is 3.26. The maximum absolute atomic E-state index is 12.3. The highest BCUT2D eigenvalue weighted by atomic mass is 16.5. The van der Waals surface area contributed by atoms with Crippen molar-refractivity contribution in [1.29, 1.82) is 0 Å². The fourth-order valence-electron chi connectivity index (χ4n) is 4.52. The Labute approximate surface area is 215 Å². The van der Waals surface area contributed by atoms with Gasteiger partial charge >= 0.3 is 0 Å². The normalized spacial score (nSPS) is 14.0. The lowest BCUT2D eigenvalue weighted by Crippen LogP contribution is -2.44. The van der Waals surface area contributed by atoms with E-state index in [1.54, 1.807) is 19.5 Å². The number of ether oxygens (including phenoxy) is 1. The smallest absolute Gasteiger partial charge is 0.247 e. The predicted molar refractivity (Wildman–Crippen MR) is 147 cm³/mol. The largest absolute Gasteiger partial charge is 0.494 e. The summed E-state index contributed by atoms with van der Waals surface area (Å²) in [7, 11) is 5.71. The maximum Gasteiger partial charge on any atom is 0.247 e. The first-order chi connectivity index (χ1) is 18.0. The average molecular weight is 499 g/mol. The summed E-state index contributed by atoms with van der Waals surface area (Å²) in [5.74, 6) is 0.733. The van der Waals surface area contributed by atoms with Gasteiger partial charge in [-0.25, -0.2) is 9.97 Å². The Kier molecular flexibility index (Phi) is 6.74. The van der Waals surface area contributed by atoms with E-state index >= 15 is 0 Å². The molecule has 0 radical (unpaired) electrons. The second-order valence-electron chi connectivity index (χ2n) is 8.97. The Morgan fingerprint density at radius 1 is 1.08 bits per heavy atom. The molecule has 10 heteroatoms. The van der Waals surface area contributed by atoms with Gasteiger partial charge in [-0.2, -0.15) is 0 Å². The Bertz CT molecular complexity index is 1460. The monoisotopic (exact) mass is 498 g/mol. The highest BCUT2D eigenvalue weighted by Crippen LogP contribution is 2.39. The molecule has 4 aromatic rings. The van der Waals surface area contributed by atoms with Crippen molar-refractivity contribution in [3.05, 3.63) is 61.6 Å². The van der Waals surface area contributed by atoms with E-state index in [1.165, 1.54) is 6.08 Å². The summed E-state index contributed by atoms with van der Waals surface area (Å²) >= 11 is 0. The van der Waals surface area contributed by atoms with Crippen LogP contribution in [0.25, 0.3) is 22.3 Å². The third-order valence-electron chi connectivity index (χ3n) is 6.53.